The molecule has 0 unspecified atom stereocenters. The lowest BCUT2D eigenvalue weighted by molar-refractivity contribution is -0.116. The molecule has 1 aromatic carbocycles. The van der Waals surface area contributed by atoms with Crippen molar-refractivity contribution in [2.45, 2.75) is 26.7 Å². The van der Waals surface area contributed by atoms with Gasteiger partial charge in [0.05, 0.1) is 6.61 Å². The summed E-state index contributed by atoms with van der Waals surface area (Å²) in [6, 6.07) is 5.23. The van der Waals surface area contributed by atoms with E-state index in [0.717, 1.165) is 11.3 Å². The number of rotatable bonds is 4. The van der Waals surface area contributed by atoms with Gasteiger partial charge in [-0.05, 0) is 36.1 Å². The molecule has 102 valence electrons. The zero-order valence-electron chi connectivity index (χ0n) is 11.2. The predicted octanol–water partition coefficient (Wildman–Crippen LogP) is 1.89. The van der Waals surface area contributed by atoms with E-state index in [9.17, 15) is 9.59 Å². The Morgan fingerprint density at radius 3 is 2.95 bits per heavy atom. The molecule has 1 heterocycles. The first kappa shape index (κ1) is 13.5. The third kappa shape index (κ3) is 3.54. The van der Waals surface area contributed by atoms with E-state index in [2.05, 4.69) is 10.8 Å². The first-order chi connectivity index (χ1) is 9.06. The summed E-state index contributed by atoms with van der Waals surface area (Å²) in [4.78, 5) is 28.2. The zero-order chi connectivity index (χ0) is 13.8. The Labute approximate surface area is 112 Å². The maximum Gasteiger partial charge on any atom is 0.274 e. The molecule has 5 heteroatoms. The Morgan fingerprint density at radius 2 is 2.21 bits per heavy atom. The Bertz CT molecular complexity index is 497. The molecule has 5 nitrogen and oxygen atoms in total. The Kier molecular flexibility index (Phi) is 4.16. The summed E-state index contributed by atoms with van der Waals surface area (Å²) in [5, 5.41) is 2.78. The van der Waals surface area contributed by atoms with Crippen molar-refractivity contribution in [1.82, 2.24) is 5.48 Å². The molecule has 0 saturated carbocycles. The fourth-order valence-corrected chi connectivity index (χ4v) is 1.86. The highest BCUT2D eigenvalue weighted by Gasteiger charge is 2.16. The molecule has 0 fully saturated rings. The molecule has 0 atom stereocenters. The van der Waals surface area contributed by atoms with Crippen molar-refractivity contribution >= 4 is 17.5 Å². The van der Waals surface area contributed by atoms with E-state index in [1.807, 2.05) is 13.8 Å². The van der Waals surface area contributed by atoms with Crippen molar-refractivity contribution < 1.29 is 14.4 Å². The molecule has 0 aliphatic carbocycles. The van der Waals surface area contributed by atoms with Gasteiger partial charge in [-0.2, -0.15) is 0 Å². The van der Waals surface area contributed by atoms with Gasteiger partial charge in [-0.15, -0.1) is 0 Å². The fourth-order valence-electron chi connectivity index (χ4n) is 1.86. The molecule has 0 bridgehead atoms. The van der Waals surface area contributed by atoms with Gasteiger partial charge >= 0.3 is 0 Å². The minimum atomic E-state index is -0.264. The molecule has 1 aliphatic heterocycles. The Hall–Kier alpha value is -1.88. The zero-order valence-corrected chi connectivity index (χ0v) is 11.2. The molecule has 19 heavy (non-hydrogen) atoms. The number of carbonyl (C=O) groups is 2. The minimum absolute atomic E-state index is 0.0185. The molecular weight excluding hydrogens is 244 g/mol. The van der Waals surface area contributed by atoms with Crippen molar-refractivity contribution in [3.8, 4) is 0 Å². The van der Waals surface area contributed by atoms with Crippen LogP contribution in [-0.2, 0) is 16.1 Å². The Balaban J connectivity index is 2.01. The summed E-state index contributed by atoms with van der Waals surface area (Å²) in [6.45, 7) is 4.49. The summed E-state index contributed by atoms with van der Waals surface area (Å²) >= 11 is 0. The van der Waals surface area contributed by atoms with Crippen LogP contribution in [0.25, 0.3) is 0 Å². The van der Waals surface area contributed by atoms with Crippen LogP contribution in [0.5, 0.6) is 0 Å². The quantitative estimate of drug-likeness (QED) is 0.814. The van der Waals surface area contributed by atoms with E-state index in [-0.39, 0.29) is 11.8 Å². The first-order valence-corrected chi connectivity index (χ1v) is 6.41. The van der Waals surface area contributed by atoms with E-state index in [4.69, 9.17) is 4.84 Å². The number of hydrogen-bond donors (Lipinski definition) is 2. The summed E-state index contributed by atoms with van der Waals surface area (Å²) in [5.41, 5.74) is 4.73. The highest BCUT2D eigenvalue weighted by atomic mass is 16.6. The van der Waals surface area contributed by atoms with Gasteiger partial charge < -0.3 is 5.32 Å². The third-order valence-electron chi connectivity index (χ3n) is 2.84. The smallest absolute Gasteiger partial charge is 0.274 e. The molecule has 2 N–H and O–H groups in total. The number of fused-ring (bicyclic) bond motifs is 1. The summed E-state index contributed by atoms with van der Waals surface area (Å²) in [6.07, 6.45) is 1.12. The topological polar surface area (TPSA) is 67.4 Å². The number of nitrogens with one attached hydrogen (secondary N) is 2. The van der Waals surface area contributed by atoms with Crippen LogP contribution < -0.4 is 10.8 Å². The lowest BCUT2D eigenvalue weighted by atomic mass is 10.0. The number of hydroxylamine groups is 1. The SMILES string of the molecule is CC(C)CONC(=O)c1ccc2c(c1)CCC(=O)N2. The lowest BCUT2D eigenvalue weighted by Gasteiger charge is -2.17. The molecular formula is C14H18N2O3. The Morgan fingerprint density at radius 1 is 1.42 bits per heavy atom. The van der Waals surface area contributed by atoms with Gasteiger partial charge in [0.2, 0.25) is 5.91 Å². The largest absolute Gasteiger partial charge is 0.326 e. The van der Waals surface area contributed by atoms with E-state index < -0.39 is 0 Å². The molecule has 0 spiro atoms. The first-order valence-electron chi connectivity index (χ1n) is 6.41. The van der Waals surface area contributed by atoms with Gasteiger partial charge in [-0.25, -0.2) is 5.48 Å². The predicted molar refractivity (Wildman–Crippen MR) is 71.6 cm³/mol. The highest BCUT2D eigenvalue weighted by molar-refractivity contribution is 5.97. The number of hydrogen-bond acceptors (Lipinski definition) is 3. The number of aryl methyl sites for hydroxylation is 1. The molecule has 1 aliphatic rings. The minimum Gasteiger partial charge on any atom is -0.326 e. The molecule has 2 amide bonds. The average Bonchev–Trinajstić information content (AvgIpc) is 2.37. The van der Waals surface area contributed by atoms with Gasteiger partial charge in [0.15, 0.2) is 0 Å². The maximum atomic E-state index is 11.9. The second kappa shape index (κ2) is 5.84. The van der Waals surface area contributed by atoms with Crippen LogP contribution in [0.15, 0.2) is 18.2 Å². The van der Waals surface area contributed by atoms with Crippen LogP contribution in [0.3, 0.4) is 0 Å². The normalized spacial score (nSPS) is 13.9. The second-order valence-electron chi connectivity index (χ2n) is 5.06. The molecule has 0 aromatic heterocycles. The van der Waals surface area contributed by atoms with Crippen molar-refractivity contribution in [3.05, 3.63) is 29.3 Å². The van der Waals surface area contributed by atoms with E-state index in [1.165, 1.54) is 0 Å². The van der Waals surface area contributed by atoms with Crippen LogP contribution in [0.1, 0.15) is 36.2 Å². The van der Waals surface area contributed by atoms with Crippen molar-refractivity contribution in [1.29, 1.82) is 0 Å². The standard InChI is InChI=1S/C14H18N2O3/c1-9(2)8-19-16-14(18)11-3-5-12-10(7-11)4-6-13(17)15-12/h3,5,7,9H,4,6,8H2,1-2H3,(H,15,17)(H,16,18). The van der Waals surface area contributed by atoms with Gasteiger partial charge in [-0.3, -0.25) is 14.4 Å². The molecule has 0 radical (unpaired) electrons. The van der Waals surface area contributed by atoms with E-state index >= 15 is 0 Å². The highest BCUT2D eigenvalue weighted by Crippen LogP contribution is 2.23. The number of benzene rings is 1. The van der Waals surface area contributed by atoms with Crippen LogP contribution in [0.4, 0.5) is 5.69 Å². The molecule has 1 aromatic rings. The van der Waals surface area contributed by atoms with Gasteiger partial charge in [0.1, 0.15) is 0 Å². The summed E-state index contributed by atoms with van der Waals surface area (Å²) in [7, 11) is 0. The third-order valence-corrected chi connectivity index (χ3v) is 2.84. The molecule has 0 saturated heterocycles. The van der Waals surface area contributed by atoms with E-state index in [1.54, 1.807) is 18.2 Å². The number of carbonyl (C=O) groups excluding carboxylic acids is 2. The summed E-state index contributed by atoms with van der Waals surface area (Å²) in [5.74, 6) is 0.115. The van der Waals surface area contributed by atoms with Crippen LogP contribution in [0, 0.1) is 5.92 Å². The maximum absolute atomic E-state index is 11.9. The van der Waals surface area contributed by atoms with E-state index in [0.29, 0.717) is 30.9 Å². The molecule has 2 rings (SSSR count). The monoisotopic (exact) mass is 262 g/mol. The van der Waals surface area contributed by atoms with Crippen molar-refractivity contribution in [3.63, 3.8) is 0 Å². The van der Waals surface area contributed by atoms with Crippen molar-refractivity contribution in [2.24, 2.45) is 5.92 Å². The van der Waals surface area contributed by atoms with Crippen molar-refractivity contribution in [2.75, 3.05) is 11.9 Å². The van der Waals surface area contributed by atoms with Crippen LogP contribution in [0.2, 0.25) is 0 Å². The fraction of sp³-hybridized carbons (Fsp3) is 0.429. The van der Waals surface area contributed by atoms with Gasteiger partial charge in [0.25, 0.3) is 5.91 Å². The van der Waals surface area contributed by atoms with Crippen LogP contribution in [-0.4, -0.2) is 18.4 Å². The number of amides is 2. The van der Waals surface area contributed by atoms with Gasteiger partial charge in [0, 0.05) is 17.7 Å². The number of anilines is 1. The average molecular weight is 262 g/mol. The van der Waals surface area contributed by atoms with Gasteiger partial charge in [-0.1, -0.05) is 13.8 Å². The summed E-state index contributed by atoms with van der Waals surface area (Å²) < 4.78 is 0. The van der Waals surface area contributed by atoms with Crippen LogP contribution >= 0.6 is 0 Å². The lowest BCUT2D eigenvalue weighted by Crippen LogP contribution is -2.26. The second-order valence-corrected chi connectivity index (χ2v) is 5.06.